The number of anilines is 1. The number of nitrogens with zero attached hydrogens (tertiary/aromatic N) is 2. The van der Waals surface area contributed by atoms with Gasteiger partial charge in [0.2, 0.25) is 0 Å². The summed E-state index contributed by atoms with van der Waals surface area (Å²) >= 11 is 0. The van der Waals surface area contributed by atoms with Crippen molar-refractivity contribution in [1.82, 2.24) is 14.8 Å². The lowest BCUT2D eigenvalue weighted by atomic mass is 10.2. The lowest BCUT2D eigenvalue weighted by Gasteiger charge is -2.03. The van der Waals surface area contributed by atoms with E-state index in [1.165, 1.54) is 0 Å². The van der Waals surface area contributed by atoms with Gasteiger partial charge in [0.25, 0.3) is 5.91 Å². The summed E-state index contributed by atoms with van der Waals surface area (Å²) in [5, 5.41) is 3.99. The number of aromatic nitrogens is 3. The second-order valence-corrected chi connectivity index (χ2v) is 3.87. The molecule has 0 unspecified atom stereocenters. The van der Waals surface area contributed by atoms with E-state index in [2.05, 4.69) is 10.1 Å². The molecule has 2 heterocycles. The van der Waals surface area contributed by atoms with Gasteiger partial charge in [-0.05, 0) is 26.0 Å². The van der Waals surface area contributed by atoms with Crippen LogP contribution in [0.2, 0.25) is 0 Å². The van der Waals surface area contributed by atoms with E-state index in [0.29, 0.717) is 11.4 Å². The van der Waals surface area contributed by atoms with Gasteiger partial charge in [-0.3, -0.25) is 4.79 Å². The maximum Gasteiger partial charge on any atom is 0.343 e. The molecular formula is C12H14N4O3. The standard InChI is InChI=1S/C12H14N4O3/c1-3-19-12(18)9-7(2)15-16(10(9)13)11(17)8-5-4-6-14-8/h4-6,14H,3,13H2,1-2H3. The minimum Gasteiger partial charge on any atom is -0.462 e. The molecule has 0 saturated carbocycles. The SMILES string of the molecule is CCOC(=O)c1c(C)nn(C(=O)c2ccc[nH]2)c1N. The molecule has 19 heavy (non-hydrogen) atoms. The Morgan fingerprint density at radius 2 is 2.26 bits per heavy atom. The number of nitrogen functional groups attached to an aromatic ring is 1. The lowest BCUT2D eigenvalue weighted by Crippen LogP contribution is -2.17. The fourth-order valence-corrected chi connectivity index (χ4v) is 1.73. The normalized spacial score (nSPS) is 10.4. The molecule has 0 radical (unpaired) electrons. The molecule has 0 bridgehead atoms. The summed E-state index contributed by atoms with van der Waals surface area (Å²) in [6.45, 7) is 3.52. The van der Waals surface area contributed by atoms with E-state index >= 15 is 0 Å². The van der Waals surface area contributed by atoms with E-state index in [9.17, 15) is 9.59 Å². The molecule has 0 amide bonds. The van der Waals surface area contributed by atoms with Crippen molar-refractivity contribution in [1.29, 1.82) is 0 Å². The topological polar surface area (TPSA) is 103 Å². The van der Waals surface area contributed by atoms with Crippen LogP contribution < -0.4 is 5.73 Å². The van der Waals surface area contributed by atoms with Crippen molar-refractivity contribution in [3.05, 3.63) is 35.3 Å². The van der Waals surface area contributed by atoms with E-state index in [1.54, 1.807) is 32.2 Å². The highest BCUT2D eigenvalue weighted by Gasteiger charge is 2.24. The van der Waals surface area contributed by atoms with Crippen LogP contribution in [0.1, 0.15) is 33.5 Å². The summed E-state index contributed by atoms with van der Waals surface area (Å²) in [6, 6.07) is 3.29. The van der Waals surface area contributed by atoms with Gasteiger partial charge in [0.15, 0.2) is 0 Å². The van der Waals surface area contributed by atoms with E-state index in [0.717, 1.165) is 4.68 Å². The van der Waals surface area contributed by atoms with Gasteiger partial charge < -0.3 is 15.5 Å². The highest BCUT2D eigenvalue weighted by Crippen LogP contribution is 2.18. The van der Waals surface area contributed by atoms with E-state index in [1.807, 2.05) is 0 Å². The average Bonchev–Trinajstić information content (AvgIpc) is 2.97. The van der Waals surface area contributed by atoms with Crippen molar-refractivity contribution in [2.45, 2.75) is 13.8 Å². The maximum absolute atomic E-state index is 12.1. The second kappa shape index (κ2) is 4.97. The molecule has 0 fully saturated rings. The van der Waals surface area contributed by atoms with Crippen molar-refractivity contribution in [2.24, 2.45) is 0 Å². The van der Waals surface area contributed by atoms with Crippen molar-refractivity contribution < 1.29 is 14.3 Å². The molecule has 2 rings (SSSR count). The fraction of sp³-hybridized carbons (Fsp3) is 0.250. The molecule has 2 aromatic heterocycles. The molecule has 0 aliphatic carbocycles. The molecule has 0 aliphatic rings. The Balaban J connectivity index is 2.42. The number of rotatable bonds is 3. The van der Waals surface area contributed by atoms with Crippen LogP contribution in [-0.2, 0) is 4.74 Å². The van der Waals surface area contributed by atoms with E-state index < -0.39 is 11.9 Å². The summed E-state index contributed by atoms with van der Waals surface area (Å²) in [7, 11) is 0. The van der Waals surface area contributed by atoms with Gasteiger partial charge in [-0.15, -0.1) is 0 Å². The maximum atomic E-state index is 12.1. The molecule has 0 aliphatic heterocycles. The Morgan fingerprint density at radius 3 is 2.84 bits per heavy atom. The summed E-state index contributed by atoms with van der Waals surface area (Å²) in [5.41, 5.74) is 6.63. The highest BCUT2D eigenvalue weighted by atomic mass is 16.5. The number of aryl methyl sites for hydroxylation is 1. The average molecular weight is 262 g/mol. The number of carbonyl (C=O) groups is 2. The third-order valence-electron chi connectivity index (χ3n) is 2.60. The molecule has 100 valence electrons. The van der Waals surface area contributed by atoms with Crippen LogP contribution in [0.4, 0.5) is 5.82 Å². The number of H-pyrrole nitrogens is 1. The zero-order valence-corrected chi connectivity index (χ0v) is 10.6. The van der Waals surface area contributed by atoms with Gasteiger partial charge in [-0.1, -0.05) is 0 Å². The van der Waals surface area contributed by atoms with Gasteiger partial charge in [0.05, 0.1) is 12.3 Å². The minimum atomic E-state index is -0.581. The van der Waals surface area contributed by atoms with Crippen molar-refractivity contribution >= 4 is 17.7 Å². The van der Waals surface area contributed by atoms with Crippen LogP contribution >= 0.6 is 0 Å². The third-order valence-corrected chi connectivity index (χ3v) is 2.60. The summed E-state index contributed by atoms with van der Waals surface area (Å²) in [4.78, 5) is 26.6. The third kappa shape index (κ3) is 2.22. The van der Waals surface area contributed by atoms with Crippen LogP contribution in [0.15, 0.2) is 18.3 Å². The number of hydrogen-bond acceptors (Lipinski definition) is 5. The molecule has 3 N–H and O–H groups in total. The molecule has 2 aromatic rings. The predicted molar refractivity (Wildman–Crippen MR) is 67.9 cm³/mol. The number of hydrogen-bond donors (Lipinski definition) is 2. The Labute approximate surface area is 109 Å². The van der Waals surface area contributed by atoms with Gasteiger partial charge in [-0.2, -0.15) is 9.78 Å². The summed E-state index contributed by atoms with van der Waals surface area (Å²) in [6.07, 6.45) is 1.62. The van der Waals surface area contributed by atoms with Gasteiger partial charge >= 0.3 is 5.97 Å². The van der Waals surface area contributed by atoms with E-state index in [4.69, 9.17) is 10.5 Å². The van der Waals surface area contributed by atoms with Crippen molar-refractivity contribution in [3.63, 3.8) is 0 Å². The Morgan fingerprint density at radius 1 is 1.53 bits per heavy atom. The Hall–Kier alpha value is -2.57. The zero-order chi connectivity index (χ0) is 14.0. The van der Waals surface area contributed by atoms with Crippen LogP contribution in [0.3, 0.4) is 0 Å². The highest BCUT2D eigenvalue weighted by molar-refractivity contribution is 6.01. The quantitative estimate of drug-likeness (QED) is 0.802. The number of nitrogens with one attached hydrogen (secondary N) is 1. The first kappa shape index (κ1) is 12.9. The fourth-order valence-electron chi connectivity index (χ4n) is 1.73. The number of esters is 1. The second-order valence-electron chi connectivity index (χ2n) is 3.87. The van der Waals surface area contributed by atoms with Crippen molar-refractivity contribution in [3.8, 4) is 0 Å². The first-order chi connectivity index (χ1) is 9.06. The monoisotopic (exact) mass is 262 g/mol. The smallest absolute Gasteiger partial charge is 0.343 e. The number of aromatic amines is 1. The largest absolute Gasteiger partial charge is 0.462 e. The molecule has 7 heteroatoms. The number of nitrogens with two attached hydrogens (primary N) is 1. The lowest BCUT2D eigenvalue weighted by molar-refractivity contribution is 0.0527. The van der Waals surface area contributed by atoms with Crippen LogP contribution in [0.25, 0.3) is 0 Å². The van der Waals surface area contributed by atoms with Gasteiger partial charge in [0, 0.05) is 6.20 Å². The summed E-state index contributed by atoms with van der Waals surface area (Å²) < 4.78 is 5.88. The van der Waals surface area contributed by atoms with Gasteiger partial charge in [-0.25, -0.2) is 4.79 Å². The van der Waals surface area contributed by atoms with Crippen LogP contribution in [-0.4, -0.2) is 33.2 Å². The number of carbonyl (C=O) groups excluding carboxylic acids is 2. The number of ether oxygens (including phenoxy) is 1. The Kier molecular flexibility index (Phi) is 3.37. The Bertz CT molecular complexity index is 613. The minimum absolute atomic E-state index is 0.0180. The first-order valence-electron chi connectivity index (χ1n) is 5.76. The van der Waals surface area contributed by atoms with Gasteiger partial charge in [0.1, 0.15) is 17.1 Å². The molecule has 7 nitrogen and oxygen atoms in total. The molecule has 0 atom stereocenters. The van der Waals surface area contributed by atoms with Crippen LogP contribution in [0.5, 0.6) is 0 Å². The molecule has 0 spiro atoms. The molecular weight excluding hydrogens is 248 g/mol. The van der Waals surface area contributed by atoms with E-state index in [-0.39, 0.29) is 18.0 Å². The first-order valence-corrected chi connectivity index (χ1v) is 5.76. The summed E-state index contributed by atoms with van der Waals surface area (Å²) in [5.74, 6) is -1.03. The van der Waals surface area contributed by atoms with Crippen molar-refractivity contribution in [2.75, 3.05) is 12.3 Å². The molecule has 0 aromatic carbocycles. The predicted octanol–water partition coefficient (Wildman–Crippen LogP) is 0.967. The zero-order valence-electron chi connectivity index (χ0n) is 10.6. The molecule has 0 saturated heterocycles. The van der Waals surface area contributed by atoms with Crippen LogP contribution in [0, 0.1) is 6.92 Å².